The highest BCUT2D eigenvalue weighted by molar-refractivity contribution is 5.70. The molecule has 2 rings (SSSR count). The van der Waals surface area contributed by atoms with Crippen molar-refractivity contribution in [2.24, 2.45) is 5.92 Å². The first kappa shape index (κ1) is 15.5. The molecular formula is C16H21NO4. The molecule has 0 radical (unpaired) electrons. The Morgan fingerprint density at radius 2 is 1.81 bits per heavy atom. The monoisotopic (exact) mass is 291 g/mol. The highest BCUT2D eigenvalue weighted by Crippen LogP contribution is 2.19. The summed E-state index contributed by atoms with van der Waals surface area (Å²) in [4.78, 5) is 23.8. The molecule has 1 fully saturated rings. The molecule has 0 bridgehead atoms. The van der Waals surface area contributed by atoms with E-state index in [0.717, 1.165) is 37.1 Å². The lowest BCUT2D eigenvalue weighted by atomic mass is 9.97. The Balaban J connectivity index is 1.88. The number of hydrogen-bond donors (Lipinski definition) is 2. The molecule has 0 spiro atoms. The van der Waals surface area contributed by atoms with Crippen LogP contribution in [0.3, 0.4) is 0 Å². The van der Waals surface area contributed by atoms with Gasteiger partial charge < -0.3 is 10.2 Å². The fraction of sp³-hybridized carbons (Fsp3) is 0.500. The molecule has 0 amide bonds. The van der Waals surface area contributed by atoms with Crippen molar-refractivity contribution < 1.29 is 19.8 Å². The maximum Gasteiger partial charge on any atom is 0.307 e. The van der Waals surface area contributed by atoms with E-state index in [2.05, 4.69) is 4.90 Å². The van der Waals surface area contributed by atoms with Crippen LogP contribution in [0.1, 0.15) is 30.4 Å². The van der Waals surface area contributed by atoms with E-state index in [0.29, 0.717) is 13.0 Å². The zero-order chi connectivity index (χ0) is 15.2. The van der Waals surface area contributed by atoms with E-state index in [1.165, 1.54) is 0 Å². The summed E-state index contributed by atoms with van der Waals surface area (Å²) in [6.45, 7) is 2.30. The van der Waals surface area contributed by atoms with Crippen LogP contribution in [-0.2, 0) is 22.6 Å². The minimum absolute atomic E-state index is 0.145. The van der Waals surface area contributed by atoms with Gasteiger partial charge in [0.05, 0.1) is 5.92 Å². The predicted octanol–water partition coefficient (Wildman–Crippen LogP) is 2.00. The summed E-state index contributed by atoms with van der Waals surface area (Å²) in [5.41, 5.74) is 2.16. The van der Waals surface area contributed by atoms with E-state index in [-0.39, 0.29) is 12.3 Å². The summed E-state index contributed by atoms with van der Waals surface area (Å²) in [6, 6.07) is 7.91. The largest absolute Gasteiger partial charge is 0.481 e. The molecule has 1 saturated heterocycles. The summed E-state index contributed by atoms with van der Waals surface area (Å²) in [5.74, 6) is -1.75. The number of carboxylic acid groups (broad SMARTS) is 2. The van der Waals surface area contributed by atoms with Crippen molar-refractivity contribution in [1.82, 2.24) is 4.90 Å². The first-order valence-corrected chi connectivity index (χ1v) is 7.29. The molecular weight excluding hydrogens is 270 g/mol. The molecule has 1 heterocycles. The lowest BCUT2D eigenvalue weighted by Gasteiger charge is -2.30. The normalized spacial score (nSPS) is 19.3. The van der Waals surface area contributed by atoms with Crippen LogP contribution in [0, 0.1) is 5.92 Å². The lowest BCUT2D eigenvalue weighted by Crippen LogP contribution is -2.38. The van der Waals surface area contributed by atoms with E-state index in [1.807, 2.05) is 24.3 Å². The van der Waals surface area contributed by atoms with Gasteiger partial charge in [-0.25, -0.2) is 0 Å². The minimum Gasteiger partial charge on any atom is -0.481 e. The molecule has 0 aromatic heterocycles. The smallest absolute Gasteiger partial charge is 0.307 e. The highest BCUT2D eigenvalue weighted by Gasteiger charge is 2.25. The fourth-order valence-corrected chi connectivity index (χ4v) is 2.72. The number of aryl methyl sites for hydroxylation is 1. The van der Waals surface area contributed by atoms with E-state index in [4.69, 9.17) is 10.2 Å². The van der Waals surface area contributed by atoms with Crippen LogP contribution in [0.25, 0.3) is 0 Å². The Labute approximate surface area is 124 Å². The van der Waals surface area contributed by atoms with Crippen LogP contribution in [0.4, 0.5) is 0 Å². The van der Waals surface area contributed by atoms with Crippen molar-refractivity contribution in [3.05, 3.63) is 35.4 Å². The summed E-state index contributed by atoms with van der Waals surface area (Å²) in [6.07, 6.45) is 2.37. The molecule has 1 aromatic rings. The molecule has 1 unspecified atom stereocenters. The van der Waals surface area contributed by atoms with E-state index >= 15 is 0 Å². The van der Waals surface area contributed by atoms with Crippen molar-refractivity contribution in [2.45, 2.75) is 32.2 Å². The van der Waals surface area contributed by atoms with Crippen molar-refractivity contribution in [2.75, 3.05) is 13.1 Å². The second kappa shape index (κ2) is 7.22. The number of hydrogen-bond acceptors (Lipinski definition) is 3. The average Bonchev–Trinajstić information content (AvgIpc) is 2.47. The van der Waals surface area contributed by atoms with Gasteiger partial charge in [0.15, 0.2) is 0 Å². The van der Waals surface area contributed by atoms with Gasteiger partial charge in [0.2, 0.25) is 0 Å². The van der Waals surface area contributed by atoms with Gasteiger partial charge in [0.1, 0.15) is 0 Å². The van der Waals surface area contributed by atoms with Crippen molar-refractivity contribution in [1.29, 1.82) is 0 Å². The summed E-state index contributed by atoms with van der Waals surface area (Å²) in [7, 11) is 0. The average molecular weight is 291 g/mol. The highest BCUT2D eigenvalue weighted by atomic mass is 16.4. The molecule has 114 valence electrons. The Morgan fingerprint density at radius 1 is 1.14 bits per heavy atom. The Hall–Kier alpha value is -1.88. The molecule has 1 aliphatic rings. The van der Waals surface area contributed by atoms with Gasteiger partial charge in [0, 0.05) is 19.5 Å². The molecule has 0 aliphatic carbocycles. The van der Waals surface area contributed by atoms with Crippen molar-refractivity contribution in [3.63, 3.8) is 0 Å². The standard InChI is InChI=1S/C16H21NO4/c18-15(19)8-7-12-3-5-13(6-4-12)10-17-9-1-2-14(11-17)16(20)21/h3-6,14H,1-2,7-11H2,(H,18,19)(H,20,21). The summed E-state index contributed by atoms with van der Waals surface area (Å²) >= 11 is 0. The minimum atomic E-state index is -0.785. The van der Waals surface area contributed by atoms with Crippen LogP contribution in [0.5, 0.6) is 0 Å². The van der Waals surface area contributed by atoms with Crippen LogP contribution >= 0.6 is 0 Å². The van der Waals surface area contributed by atoms with Gasteiger partial charge in [-0.15, -0.1) is 0 Å². The number of aliphatic carboxylic acids is 2. The first-order valence-electron chi connectivity index (χ1n) is 7.29. The van der Waals surface area contributed by atoms with Gasteiger partial charge >= 0.3 is 11.9 Å². The van der Waals surface area contributed by atoms with Gasteiger partial charge in [0.25, 0.3) is 0 Å². The molecule has 1 aliphatic heterocycles. The fourth-order valence-electron chi connectivity index (χ4n) is 2.72. The maximum atomic E-state index is 11.0. The number of rotatable bonds is 6. The number of nitrogens with zero attached hydrogens (tertiary/aromatic N) is 1. The molecule has 1 atom stereocenters. The van der Waals surface area contributed by atoms with Crippen LogP contribution < -0.4 is 0 Å². The predicted molar refractivity (Wildman–Crippen MR) is 78.0 cm³/mol. The summed E-state index contributed by atoms with van der Waals surface area (Å²) in [5, 5.41) is 17.7. The summed E-state index contributed by atoms with van der Waals surface area (Å²) < 4.78 is 0. The second-order valence-electron chi connectivity index (χ2n) is 5.62. The zero-order valence-corrected chi connectivity index (χ0v) is 12.0. The number of benzene rings is 1. The molecule has 2 N–H and O–H groups in total. The Morgan fingerprint density at radius 3 is 2.43 bits per heavy atom. The van der Waals surface area contributed by atoms with Gasteiger partial charge in [-0.05, 0) is 36.9 Å². The second-order valence-corrected chi connectivity index (χ2v) is 5.62. The number of likely N-dealkylation sites (tertiary alicyclic amines) is 1. The van der Waals surface area contributed by atoms with Crippen LogP contribution in [-0.4, -0.2) is 40.1 Å². The maximum absolute atomic E-state index is 11.0. The van der Waals surface area contributed by atoms with E-state index < -0.39 is 11.9 Å². The zero-order valence-electron chi connectivity index (χ0n) is 12.0. The van der Waals surface area contributed by atoms with E-state index in [9.17, 15) is 9.59 Å². The molecule has 5 heteroatoms. The van der Waals surface area contributed by atoms with Crippen molar-refractivity contribution in [3.8, 4) is 0 Å². The SMILES string of the molecule is O=C(O)CCc1ccc(CN2CCCC(C(=O)O)C2)cc1. The quantitative estimate of drug-likeness (QED) is 0.838. The molecule has 0 saturated carbocycles. The topological polar surface area (TPSA) is 77.8 Å². The number of piperidine rings is 1. The number of carboxylic acids is 2. The molecule has 1 aromatic carbocycles. The third kappa shape index (κ3) is 4.86. The first-order chi connectivity index (χ1) is 10.0. The van der Waals surface area contributed by atoms with E-state index in [1.54, 1.807) is 0 Å². The van der Waals surface area contributed by atoms with Crippen LogP contribution in [0.2, 0.25) is 0 Å². The Kier molecular flexibility index (Phi) is 5.33. The van der Waals surface area contributed by atoms with Gasteiger partial charge in [-0.1, -0.05) is 24.3 Å². The number of carbonyl (C=O) groups is 2. The third-order valence-corrected chi connectivity index (χ3v) is 3.91. The van der Waals surface area contributed by atoms with Crippen molar-refractivity contribution >= 4 is 11.9 Å². The van der Waals surface area contributed by atoms with Crippen LogP contribution in [0.15, 0.2) is 24.3 Å². The third-order valence-electron chi connectivity index (χ3n) is 3.91. The lowest BCUT2D eigenvalue weighted by molar-refractivity contribution is -0.143. The van der Waals surface area contributed by atoms with Gasteiger partial charge in [-0.3, -0.25) is 14.5 Å². The molecule has 21 heavy (non-hydrogen) atoms. The van der Waals surface area contributed by atoms with Gasteiger partial charge in [-0.2, -0.15) is 0 Å². The Bertz CT molecular complexity index is 498. The molecule has 5 nitrogen and oxygen atoms in total.